The number of fused-ring (bicyclic) bond motifs is 3. The van der Waals surface area contributed by atoms with Crippen LogP contribution in [0.25, 0.3) is 32.3 Å². The Morgan fingerprint density at radius 1 is 0.442 bits per heavy atom. The summed E-state index contributed by atoms with van der Waals surface area (Å²) in [6.07, 6.45) is 0. The van der Waals surface area contributed by atoms with Gasteiger partial charge in [-0.05, 0) is 0 Å². The monoisotopic (exact) mass is 624 g/mol. The average molecular weight is 625 g/mol. The molecule has 0 saturated carbocycles. The van der Waals surface area contributed by atoms with Crippen molar-refractivity contribution in [3.63, 3.8) is 0 Å². The maximum absolute atomic E-state index is 13.3. The Morgan fingerprint density at radius 3 is 1.05 bits per heavy atom. The molecule has 0 aromatic heterocycles. The van der Waals surface area contributed by atoms with Crippen LogP contribution in [0.3, 0.4) is 0 Å². The van der Waals surface area contributed by atoms with Crippen LogP contribution in [0.15, 0.2) is 109 Å². The number of carbonyl (C=O) groups excluding carboxylic acids is 3. The molecule has 0 radical (unpaired) electrons. The van der Waals surface area contributed by atoms with Gasteiger partial charge in [-0.2, -0.15) is 0 Å². The molecule has 210 valence electrons. The molecule has 0 aliphatic rings. The van der Waals surface area contributed by atoms with Crippen molar-refractivity contribution in [1.29, 1.82) is 0 Å². The van der Waals surface area contributed by atoms with E-state index >= 15 is 0 Å². The zero-order chi connectivity index (χ0) is 30.1. The first kappa shape index (κ1) is 28.3. The van der Waals surface area contributed by atoms with E-state index in [1.165, 1.54) is 0 Å². The zero-order valence-corrected chi connectivity index (χ0v) is 26.3. The third-order valence-electron chi connectivity index (χ3n) is 7.61. The second-order valence-electron chi connectivity index (χ2n) is 10.5. The van der Waals surface area contributed by atoms with Gasteiger partial charge in [0, 0.05) is 0 Å². The summed E-state index contributed by atoms with van der Waals surface area (Å²) >= 11 is -4.30. The van der Waals surface area contributed by atoms with Crippen molar-refractivity contribution in [1.82, 2.24) is 0 Å². The van der Waals surface area contributed by atoms with Gasteiger partial charge in [0.1, 0.15) is 0 Å². The zero-order valence-electron chi connectivity index (χ0n) is 23.9. The number of hydrogen-bond acceptors (Lipinski definition) is 6. The number of aryl methyl sites for hydroxylation is 3. The van der Waals surface area contributed by atoms with Gasteiger partial charge >= 0.3 is 256 Å². The van der Waals surface area contributed by atoms with Crippen LogP contribution in [0.2, 0.25) is 0 Å². The number of hydrogen-bond donors (Lipinski definition) is 0. The third-order valence-corrected chi connectivity index (χ3v) is 10.2. The molecule has 0 amide bonds. The van der Waals surface area contributed by atoms with E-state index in [9.17, 15) is 14.4 Å². The van der Waals surface area contributed by atoms with Crippen LogP contribution < -0.4 is 0 Å². The van der Waals surface area contributed by atoms with Crippen molar-refractivity contribution >= 4 is 67.5 Å². The van der Waals surface area contributed by atoms with Crippen molar-refractivity contribution in [2.45, 2.75) is 20.8 Å². The van der Waals surface area contributed by atoms with E-state index in [1.54, 1.807) is 36.4 Å². The van der Waals surface area contributed by atoms with Crippen LogP contribution in [0.1, 0.15) is 47.8 Å². The summed E-state index contributed by atoms with van der Waals surface area (Å²) < 4.78 is 17.0. The molecule has 0 aliphatic heterocycles. The number of rotatable bonds is 6. The first-order valence-corrected chi connectivity index (χ1v) is 16.8. The van der Waals surface area contributed by atoms with Crippen LogP contribution >= 0.6 is 0 Å². The molecular formula is C36H27GaO6. The number of benzene rings is 6. The van der Waals surface area contributed by atoms with Crippen molar-refractivity contribution in [2.75, 3.05) is 0 Å². The summed E-state index contributed by atoms with van der Waals surface area (Å²) in [4.78, 5) is 39.9. The molecule has 0 bridgehead atoms. The van der Waals surface area contributed by atoms with Crippen molar-refractivity contribution < 1.29 is 25.0 Å². The van der Waals surface area contributed by atoms with Gasteiger partial charge in [0.25, 0.3) is 0 Å². The topological polar surface area (TPSA) is 78.9 Å². The Hall–Kier alpha value is -4.85. The molecule has 0 aliphatic carbocycles. The molecule has 0 fully saturated rings. The van der Waals surface area contributed by atoms with E-state index in [2.05, 4.69) is 0 Å². The van der Waals surface area contributed by atoms with Crippen LogP contribution in [-0.4, -0.2) is 35.2 Å². The maximum atomic E-state index is 13.3. The van der Waals surface area contributed by atoms with Gasteiger partial charge in [-0.25, -0.2) is 0 Å². The number of carbonyl (C=O) groups is 3. The van der Waals surface area contributed by atoms with E-state index in [4.69, 9.17) is 10.6 Å². The molecular weight excluding hydrogens is 598 g/mol. The Morgan fingerprint density at radius 2 is 0.744 bits per heavy atom. The molecule has 6 nitrogen and oxygen atoms in total. The van der Waals surface area contributed by atoms with Gasteiger partial charge in [-0.15, -0.1) is 0 Å². The normalized spacial score (nSPS) is 11.0. The fourth-order valence-electron chi connectivity index (χ4n) is 5.26. The molecule has 7 heteroatoms. The van der Waals surface area contributed by atoms with E-state index in [0.717, 1.165) is 49.0 Å². The van der Waals surface area contributed by atoms with E-state index in [1.807, 2.05) is 93.6 Å². The van der Waals surface area contributed by atoms with Gasteiger partial charge in [0.15, 0.2) is 0 Å². The molecule has 0 N–H and O–H groups in total. The molecule has 43 heavy (non-hydrogen) atoms. The van der Waals surface area contributed by atoms with Gasteiger partial charge in [0.2, 0.25) is 0 Å². The van der Waals surface area contributed by atoms with Crippen molar-refractivity contribution in [3.05, 3.63) is 143 Å². The molecule has 6 aromatic rings. The molecule has 0 atom stereocenters. The summed E-state index contributed by atoms with van der Waals surface area (Å²) in [5, 5.41) is 5.62. The molecule has 6 rings (SSSR count). The first-order chi connectivity index (χ1) is 20.8. The van der Waals surface area contributed by atoms with Crippen molar-refractivity contribution in [3.8, 4) is 0 Å². The van der Waals surface area contributed by atoms with E-state index in [-0.39, 0.29) is 16.7 Å². The van der Waals surface area contributed by atoms with Gasteiger partial charge in [0.05, 0.1) is 0 Å². The molecule has 0 unspecified atom stereocenters. The summed E-state index contributed by atoms with van der Waals surface area (Å²) in [5.41, 5.74) is 4.03. The fourth-order valence-corrected chi connectivity index (χ4v) is 7.52. The minimum absolute atomic E-state index is 0.267. The standard InChI is InChI=1S/3C12H10O2.Ga/c3*1-8-3-2-4-9-7-10(12(13)14)5-6-11(8)9;/h3*2-7H,1H3,(H,13,14);/q;;;+3/p-3. The minimum atomic E-state index is -4.30. The summed E-state index contributed by atoms with van der Waals surface area (Å²) in [6.45, 7) is 5.98. The molecule has 0 saturated heterocycles. The fraction of sp³-hybridized carbons (Fsp3) is 0.0833. The van der Waals surface area contributed by atoms with Crippen LogP contribution in [0.5, 0.6) is 0 Å². The molecule has 0 heterocycles. The first-order valence-electron chi connectivity index (χ1n) is 13.9. The van der Waals surface area contributed by atoms with E-state index in [0.29, 0.717) is 0 Å². The van der Waals surface area contributed by atoms with Gasteiger partial charge < -0.3 is 0 Å². The molecule has 6 aromatic carbocycles. The second kappa shape index (κ2) is 11.8. The summed E-state index contributed by atoms with van der Waals surface area (Å²) in [5.74, 6) is -2.17. The van der Waals surface area contributed by atoms with Crippen LogP contribution in [0.4, 0.5) is 0 Å². The van der Waals surface area contributed by atoms with E-state index < -0.39 is 35.2 Å². The summed E-state index contributed by atoms with van der Waals surface area (Å²) in [7, 11) is 0. The van der Waals surface area contributed by atoms with Crippen molar-refractivity contribution in [2.24, 2.45) is 0 Å². The predicted molar refractivity (Wildman–Crippen MR) is 168 cm³/mol. The predicted octanol–water partition coefficient (Wildman–Crippen LogP) is 7.93. The second-order valence-corrected chi connectivity index (χ2v) is 13.2. The SMILES string of the molecule is Cc1cccc2cc(C(=O)[O][Ga]([O]C(=O)c3ccc4c(C)cccc4c3)[O]C(=O)c3ccc4c(C)cccc4c3)ccc12. The van der Waals surface area contributed by atoms with Gasteiger partial charge in [-0.3, -0.25) is 0 Å². The Labute approximate surface area is 255 Å². The quantitative estimate of drug-likeness (QED) is 0.175. The average Bonchev–Trinajstić information content (AvgIpc) is 3.00. The Balaban J connectivity index is 1.29. The van der Waals surface area contributed by atoms with Gasteiger partial charge in [-0.1, -0.05) is 0 Å². The Kier molecular flexibility index (Phi) is 7.76. The molecule has 0 spiro atoms. The van der Waals surface area contributed by atoms with Crippen LogP contribution in [-0.2, 0) is 10.6 Å². The van der Waals surface area contributed by atoms with Crippen LogP contribution in [0, 0.1) is 20.8 Å². The Bertz CT molecular complexity index is 1830. The third kappa shape index (κ3) is 5.91. The summed E-state index contributed by atoms with van der Waals surface area (Å²) in [6, 6.07) is 33.0.